The summed E-state index contributed by atoms with van der Waals surface area (Å²) in [4.78, 5) is 0. The Morgan fingerprint density at radius 2 is 1.61 bits per heavy atom. The van der Waals surface area contributed by atoms with E-state index < -0.39 is 5.60 Å². The van der Waals surface area contributed by atoms with Gasteiger partial charge in [0.05, 0.1) is 11.7 Å². The molecule has 0 unspecified atom stereocenters. The monoisotopic (exact) mass is 324 g/mol. The van der Waals surface area contributed by atoms with Gasteiger partial charge in [0.1, 0.15) is 0 Å². The minimum Gasteiger partial charge on any atom is -0.396 e. The molecule has 8 atom stereocenters. The lowest BCUT2D eigenvalue weighted by Gasteiger charge is -2.57. The normalized spacial score (nSPS) is 57.3. The van der Waals surface area contributed by atoms with Crippen LogP contribution in [-0.2, 0) is 0 Å². The summed E-state index contributed by atoms with van der Waals surface area (Å²) in [5.74, 6) is 1.97. The van der Waals surface area contributed by atoms with Crippen LogP contribution in [0.15, 0.2) is 0 Å². The molecule has 3 fully saturated rings. The van der Waals surface area contributed by atoms with E-state index in [0.717, 1.165) is 44.9 Å². The van der Waals surface area contributed by atoms with E-state index in [2.05, 4.69) is 20.8 Å². The van der Waals surface area contributed by atoms with E-state index in [1.165, 1.54) is 0 Å². The van der Waals surface area contributed by atoms with Crippen molar-refractivity contribution in [2.24, 2.45) is 34.5 Å². The summed E-state index contributed by atoms with van der Waals surface area (Å²) < 4.78 is 0. The van der Waals surface area contributed by atoms with Gasteiger partial charge in [0.15, 0.2) is 0 Å². The molecule has 0 radical (unpaired) electrons. The van der Waals surface area contributed by atoms with E-state index in [4.69, 9.17) is 0 Å². The summed E-state index contributed by atoms with van der Waals surface area (Å²) in [5, 5.41) is 30.8. The smallest absolute Gasteiger partial charge is 0.0675 e. The van der Waals surface area contributed by atoms with Crippen LogP contribution in [0.1, 0.15) is 72.6 Å². The zero-order valence-electron chi connectivity index (χ0n) is 15.4. The molecule has 0 aliphatic heterocycles. The fourth-order valence-electron chi connectivity index (χ4n) is 6.84. The lowest BCUT2D eigenvalue weighted by Crippen LogP contribution is -2.53. The Morgan fingerprint density at radius 1 is 0.957 bits per heavy atom. The average molecular weight is 325 g/mol. The summed E-state index contributed by atoms with van der Waals surface area (Å²) in [7, 11) is 0. The van der Waals surface area contributed by atoms with Crippen molar-refractivity contribution in [2.45, 2.75) is 84.3 Å². The standard InChI is InChI=1S/C20H36O3/c1-13-16(18(2)8-5-15(22)11-14(18)12-21)6-9-19(3)17(13)7-10-20(19,4)23/h13-17,21-23H,5-12H2,1-4H3/t13-,14-,15+,16+,17+,18+,19+,20+/m1/s1. The topological polar surface area (TPSA) is 60.7 Å². The van der Waals surface area contributed by atoms with E-state index in [9.17, 15) is 15.3 Å². The van der Waals surface area contributed by atoms with E-state index in [-0.39, 0.29) is 29.5 Å². The van der Waals surface area contributed by atoms with Crippen LogP contribution in [0.3, 0.4) is 0 Å². The van der Waals surface area contributed by atoms with Crippen molar-refractivity contribution in [3.05, 3.63) is 0 Å². The average Bonchev–Trinajstić information content (AvgIpc) is 2.73. The lowest BCUT2D eigenvalue weighted by atomic mass is 9.49. The van der Waals surface area contributed by atoms with Crippen molar-refractivity contribution < 1.29 is 15.3 Å². The third-order valence-electron chi connectivity index (χ3n) is 8.81. The van der Waals surface area contributed by atoms with Gasteiger partial charge in [0, 0.05) is 6.61 Å². The summed E-state index contributed by atoms with van der Waals surface area (Å²) >= 11 is 0. The molecule has 0 saturated heterocycles. The van der Waals surface area contributed by atoms with Crippen LogP contribution in [0.25, 0.3) is 0 Å². The van der Waals surface area contributed by atoms with E-state index in [0.29, 0.717) is 17.8 Å². The van der Waals surface area contributed by atoms with Crippen LogP contribution in [0, 0.1) is 34.5 Å². The minimum absolute atomic E-state index is 0.0438. The highest BCUT2D eigenvalue weighted by Crippen LogP contribution is 2.64. The predicted octanol–water partition coefficient (Wildman–Crippen LogP) is 3.36. The van der Waals surface area contributed by atoms with Crippen molar-refractivity contribution in [2.75, 3.05) is 6.61 Å². The first-order valence-electron chi connectivity index (χ1n) is 9.67. The number of rotatable bonds is 2. The Morgan fingerprint density at radius 3 is 2.26 bits per heavy atom. The van der Waals surface area contributed by atoms with E-state index >= 15 is 0 Å². The quantitative estimate of drug-likeness (QED) is 0.730. The second-order valence-corrected chi connectivity index (χ2v) is 9.65. The molecular formula is C20H36O3. The van der Waals surface area contributed by atoms with Gasteiger partial charge in [-0.1, -0.05) is 20.8 Å². The van der Waals surface area contributed by atoms with Crippen molar-refractivity contribution in [3.63, 3.8) is 0 Å². The van der Waals surface area contributed by atoms with E-state index in [1.807, 2.05) is 6.92 Å². The summed E-state index contributed by atoms with van der Waals surface area (Å²) in [6.45, 7) is 9.27. The first-order chi connectivity index (χ1) is 10.7. The highest BCUT2D eigenvalue weighted by atomic mass is 16.3. The Bertz CT molecular complexity index is 448. The van der Waals surface area contributed by atoms with Crippen LogP contribution in [0.2, 0.25) is 0 Å². The number of fused-ring (bicyclic) bond motifs is 1. The summed E-state index contributed by atoms with van der Waals surface area (Å²) in [6.07, 6.45) is 6.69. The number of hydrogen-bond donors (Lipinski definition) is 3. The molecule has 3 saturated carbocycles. The minimum atomic E-state index is -0.531. The van der Waals surface area contributed by atoms with Crippen LogP contribution in [0.5, 0.6) is 0 Å². The van der Waals surface area contributed by atoms with Crippen LogP contribution >= 0.6 is 0 Å². The summed E-state index contributed by atoms with van der Waals surface area (Å²) in [6, 6.07) is 0. The van der Waals surface area contributed by atoms with Crippen molar-refractivity contribution in [3.8, 4) is 0 Å². The van der Waals surface area contributed by atoms with Gasteiger partial charge in [0.25, 0.3) is 0 Å². The number of aliphatic hydroxyl groups is 3. The zero-order valence-corrected chi connectivity index (χ0v) is 15.4. The molecule has 3 aliphatic rings. The van der Waals surface area contributed by atoms with Gasteiger partial charge >= 0.3 is 0 Å². The molecule has 0 bridgehead atoms. The molecule has 3 nitrogen and oxygen atoms in total. The zero-order chi connectivity index (χ0) is 17.0. The van der Waals surface area contributed by atoms with Crippen molar-refractivity contribution >= 4 is 0 Å². The molecule has 0 aromatic rings. The van der Waals surface area contributed by atoms with Gasteiger partial charge in [-0.15, -0.1) is 0 Å². The molecule has 0 aromatic carbocycles. The molecule has 134 valence electrons. The Hall–Kier alpha value is -0.120. The maximum absolute atomic E-state index is 10.9. The van der Waals surface area contributed by atoms with Gasteiger partial charge in [0.2, 0.25) is 0 Å². The molecular weight excluding hydrogens is 288 g/mol. The molecule has 0 heterocycles. The van der Waals surface area contributed by atoms with Gasteiger partial charge in [-0.3, -0.25) is 0 Å². The third-order valence-corrected chi connectivity index (χ3v) is 8.81. The molecule has 23 heavy (non-hydrogen) atoms. The third kappa shape index (κ3) is 2.49. The highest BCUT2D eigenvalue weighted by molar-refractivity contribution is 5.10. The first-order valence-corrected chi connectivity index (χ1v) is 9.67. The Balaban J connectivity index is 1.85. The predicted molar refractivity (Wildman–Crippen MR) is 91.9 cm³/mol. The van der Waals surface area contributed by atoms with Crippen LogP contribution < -0.4 is 0 Å². The largest absolute Gasteiger partial charge is 0.396 e. The summed E-state index contributed by atoms with van der Waals surface area (Å²) in [5.41, 5.74) is -0.359. The maximum Gasteiger partial charge on any atom is 0.0675 e. The molecule has 3 heteroatoms. The van der Waals surface area contributed by atoms with Crippen molar-refractivity contribution in [1.82, 2.24) is 0 Å². The van der Waals surface area contributed by atoms with Gasteiger partial charge in [-0.2, -0.15) is 0 Å². The lowest BCUT2D eigenvalue weighted by molar-refractivity contribution is -0.132. The maximum atomic E-state index is 10.9. The van der Waals surface area contributed by atoms with Crippen LogP contribution in [0.4, 0.5) is 0 Å². The SMILES string of the molecule is C[C@@H]1[C@@H]([C@@]2(C)CC[C@H](O)C[C@@H]2CO)CC[C@@]2(C)[C@H]1CC[C@]2(C)O. The number of hydrogen-bond acceptors (Lipinski definition) is 3. The fraction of sp³-hybridized carbons (Fsp3) is 1.00. The molecule has 3 rings (SSSR count). The van der Waals surface area contributed by atoms with E-state index in [1.54, 1.807) is 0 Å². The number of aliphatic hydroxyl groups excluding tert-OH is 2. The molecule has 0 aromatic heterocycles. The molecule has 0 spiro atoms. The molecule has 3 N–H and O–H groups in total. The van der Waals surface area contributed by atoms with Gasteiger partial charge in [-0.25, -0.2) is 0 Å². The Kier molecular flexibility index (Phi) is 4.39. The van der Waals surface area contributed by atoms with Gasteiger partial charge in [-0.05, 0) is 86.4 Å². The van der Waals surface area contributed by atoms with Crippen LogP contribution in [-0.4, -0.2) is 33.6 Å². The van der Waals surface area contributed by atoms with Crippen molar-refractivity contribution in [1.29, 1.82) is 0 Å². The molecule has 3 aliphatic carbocycles. The Labute approximate surface area is 141 Å². The fourth-order valence-corrected chi connectivity index (χ4v) is 6.84. The second-order valence-electron chi connectivity index (χ2n) is 9.65. The highest BCUT2D eigenvalue weighted by Gasteiger charge is 2.60. The van der Waals surface area contributed by atoms with Gasteiger partial charge < -0.3 is 15.3 Å². The molecule has 0 amide bonds. The second kappa shape index (κ2) is 5.71. The first kappa shape index (κ1) is 17.7.